The van der Waals surface area contributed by atoms with Crippen molar-refractivity contribution in [3.63, 3.8) is 0 Å². The van der Waals surface area contributed by atoms with Crippen molar-refractivity contribution in [2.24, 2.45) is 0 Å². The molecule has 0 saturated heterocycles. The largest absolute Gasteiger partial charge is 0.495 e. The van der Waals surface area contributed by atoms with Crippen LogP contribution < -0.4 is 4.74 Å². The maximum absolute atomic E-state index is 10.7. The van der Waals surface area contributed by atoms with Crippen molar-refractivity contribution < 1.29 is 9.84 Å². The van der Waals surface area contributed by atoms with Crippen LogP contribution in [0, 0.1) is 18.8 Å². The zero-order chi connectivity index (χ0) is 17.4. The van der Waals surface area contributed by atoms with E-state index in [1.54, 1.807) is 7.11 Å². The Bertz CT molecular complexity index is 997. The van der Waals surface area contributed by atoms with E-state index < -0.39 is 5.60 Å². The Morgan fingerprint density at radius 3 is 2.56 bits per heavy atom. The third-order valence-corrected chi connectivity index (χ3v) is 5.30. The fourth-order valence-electron chi connectivity index (χ4n) is 3.86. The topological polar surface area (TPSA) is 45.2 Å². The highest BCUT2D eigenvalue weighted by molar-refractivity contribution is 6.10. The maximum Gasteiger partial charge on any atom is 0.136 e. The van der Waals surface area contributed by atoms with Gasteiger partial charge in [-0.1, -0.05) is 36.5 Å². The molecule has 2 N–H and O–H groups in total. The predicted molar refractivity (Wildman–Crippen MR) is 102 cm³/mol. The van der Waals surface area contributed by atoms with Crippen molar-refractivity contribution in [2.75, 3.05) is 7.11 Å². The number of methoxy groups -OCH3 is 1. The number of H-pyrrole nitrogens is 1. The van der Waals surface area contributed by atoms with E-state index >= 15 is 0 Å². The number of aromatic nitrogens is 1. The molecule has 0 radical (unpaired) electrons. The van der Waals surface area contributed by atoms with E-state index in [4.69, 9.17) is 4.74 Å². The van der Waals surface area contributed by atoms with Gasteiger partial charge in [-0.3, -0.25) is 0 Å². The van der Waals surface area contributed by atoms with E-state index in [1.807, 2.05) is 6.07 Å². The molecule has 0 amide bonds. The zero-order valence-electron chi connectivity index (χ0n) is 14.8. The lowest BCUT2D eigenvalue weighted by atomic mass is 9.85. The first kappa shape index (κ1) is 16.1. The van der Waals surface area contributed by atoms with Crippen molar-refractivity contribution in [3.8, 4) is 17.6 Å². The van der Waals surface area contributed by atoms with Crippen LogP contribution in [-0.4, -0.2) is 22.8 Å². The van der Waals surface area contributed by atoms with Gasteiger partial charge < -0.3 is 14.8 Å². The average Bonchev–Trinajstić information content (AvgIpc) is 3.00. The van der Waals surface area contributed by atoms with Crippen molar-refractivity contribution in [1.29, 1.82) is 0 Å². The number of rotatable bonds is 1. The molecule has 3 heteroatoms. The number of benzene rings is 2. The van der Waals surface area contributed by atoms with Gasteiger partial charge in [0.05, 0.1) is 18.2 Å². The third-order valence-electron chi connectivity index (χ3n) is 5.30. The Morgan fingerprint density at radius 1 is 1.04 bits per heavy atom. The lowest BCUT2D eigenvalue weighted by molar-refractivity contribution is 0.0610. The van der Waals surface area contributed by atoms with E-state index in [0.29, 0.717) is 0 Å². The Kier molecular flexibility index (Phi) is 3.94. The van der Waals surface area contributed by atoms with E-state index in [1.165, 1.54) is 17.4 Å². The minimum absolute atomic E-state index is 0.739. The monoisotopic (exact) mass is 333 g/mol. The van der Waals surface area contributed by atoms with Gasteiger partial charge in [-0.25, -0.2) is 0 Å². The van der Waals surface area contributed by atoms with Gasteiger partial charge in [0, 0.05) is 16.3 Å². The van der Waals surface area contributed by atoms with Gasteiger partial charge in [0.15, 0.2) is 0 Å². The van der Waals surface area contributed by atoms with Crippen LogP contribution in [0.1, 0.15) is 43.2 Å². The molecule has 0 unspecified atom stereocenters. The number of ether oxygens (including phenoxy) is 1. The molecule has 0 bridgehead atoms. The van der Waals surface area contributed by atoms with Gasteiger partial charge in [-0.2, -0.15) is 0 Å². The van der Waals surface area contributed by atoms with Crippen molar-refractivity contribution in [2.45, 2.75) is 44.6 Å². The lowest BCUT2D eigenvalue weighted by Crippen LogP contribution is -2.29. The van der Waals surface area contributed by atoms with Crippen LogP contribution in [-0.2, 0) is 0 Å². The summed E-state index contributed by atoms with van der Waals surface area (Å²) in [5.41, 5.74) is 3.28. The first-order valence-corrected chi connectivity index (χ1v) is 8.95. The Hall–Kier alpha value is -2.44. The number of hydrogen-bond donors (Lipinski definition) is 2. The van der Waals surface area contributed by atoms with E-state index in [-0.39, 0.29) is 0 Å². The molecule has 0 spiro atoms. The second kappa shape index (κ2) is 6.13. The maximum atomic E-state index is 10.7. The fourth-order valence-corrected chi connectivity index (χ4v) is 3.86. The van der Waals surface area contributed by atoms with Crippen LogP contribution in [0.25, 0.3) is 21.8 Å². The van der Waals surface area contributed by atoms with Gasteiger partial charge in [0.2, 0.25) is 0 Å². The molecule has 128 valence electrons. The quantitative estimate of drug-likeness (QED) is 0.635. The molecule has 1 fully saturated rings. The number of hydrogen-bond acceptors (Lipinski definition) is 2. The SMILES string of the molecule is COc1ccc2c([nH]c3c(C)cccc32)c1C#CC1(O)CCCCC1. The third kappa shape index (κ3) is 2.77. The minimum Gasteiger partial charge on any atom is -0.495 e. The standard InChI is InChI=1S/C22H23NO2/c1-15-7-6-8-16-17-9-10-19(25-2)18(21(17)23-20(15)16)11-14-22(24)12-4-3-5-13-22/h6-10,23-24H,3-5,12-13H2,1-2H3. The molecular formula is C22H23NO2. The highest BCUT2D eigenvalue weighted by atomic mass is 16.5. The van der Waals surface area contributed by atoms with Crippen molar-refractivity contribution >= 4 is 21.8 Å². The molecule has 25 heavy (non-hydrogen) atoms. The molecule has 1 aromatic heterocycles. The smallest absolute Gasteiger partial charge is 0.136 e. The summed E-state index contributed by atoms with van der Waals surface area (Å²) in [7, 11) is 1.66. The van der Waals surface area contributed by atoms with E-state index in [0.717, 1.165) is 53.4 Å². The summed E-state index contributed by atoms with van der Waals surface area (Å²) in [5, 5.41) is 13.1. The number of nitrogens with one attached hydrogen (secondary N) is 1. The number of aliphatic hydroxyl groups is 1. The fraction of sp³-hybridized carbons (Fsp3) is 0.364. The molecule has 1 aliphatic rings. The van der Waals surface area contributed by atoms with Crippen LogP contribution in [0.15, 0.2) is 30.3 Å². The molecule has 2 aromatic carbocycles. The van der Waals surface area contributed by atoms with E-state index in [2.05, 4.69) is 48.0 Å². The summed E-state index contributed by atoms with van der Waals surface area (Å²) in [6, 6.07) is 10.3. The molecule has 1 saturated carbocycles. The number of para-hydroxylation sites is 1. The zero-order valence-corrected chi connectivity index (χ0v) is 14.8. The second-order valence-electron chi connectivity index (χ2n) is 7.03. The van der Waals surface area contributed by atoms with Gasteiger partial charge in [0.1, 0.15) is 11.4 Å². The summed E-state index contributed by atoms with van der Waals surface area (Å²) in [6.45, 7) is 2.10. The number of aryl methyl sites for hydroxylation is 1. The van der Waals surface area contributed by atoms with Crippen molar-refractivity contribution in [1.82, 2.24) is 4.98 Å². The number of fused-ring (bicyclic) bond motifs is 3. The molecule has 1 aliphatic carbocycles. The average molecular weight is 333 g/mol. The Morgan fingerprint density at radius 2 is 1.80 bits per heavy atom. The van der Waals surface area contributed by atoms with Crippen molar-refractivity contribution in [3.05, 3.63) is 41.5 Å². The van der Waals surface area contributed by atoms with Gasteiger partial charge >= 0.3 is 0 Å². The van der Waals surface area contributed by atoms with Crippen LogP contribution in [0.2, 0.25) is 0 Å². The molecule has 3 aromatic rings. The molecule has 4 rings (SSSR count). The normalized spacial score (nSPS) is 16.6. The highest BCUT2D eigenvalue weighted by Gasteiger charge is 2.26. The Labute approximate surface area is 148 Å². The van der Waals surface area contributed by atoms with Crippen LogP contribution in [0.3, 0.4) is 0 Å². The number of aromatic amines is 1. The molecule has 1 heterocycles. The Balaban J connectivity index is 1.92. The molecule has 3 nitrogen and oxygen atoms in total. The molecule has 0 aliphatic heterocycles. The summed E-state index contributed by atoms with van der Waals surface area (Å²) in [4.78, 5) is 3.53. The van der Waals surface area contributed by atoms with Crippen LogP contribution >= 0.6 is 0 Å². The first-order valence-electron chi connectivity index (χ1n) is 8.95. The summed E-state index contributed by atoms with van der Waals surface area (Å²) in [6.07, 6.45) is 4.77. The minimum atomic E-state index is -0.868. The first-order chi connectivity index (χ1) is 12.1. The van der Waals surface area contributed by atoms with E-state index in [9.17, 15) is 5.11 Å². The molecule has 0 atom stereocenters. The second-order valence-corrected chi connectivity index (χ2v) is 7.03. The summed E-state index contributed by atoms with van der Waals surface area (Å²) >= 11 is 0. The van der Waals surface area contributed by atoms with Gasteiger partial charge in [0.25, 0.3) is 0 Å². The summed E-state index contributed by atoms with van der Waals surface area (Å²) in [5.74, 6) is 7.13. The van der Waals surface area contributed by atoms with Gasteiger partial charge in [-0.15, -0.1) is 0 Å². The van der Waals surface area contributed by atoms with Gasteiger partial charge in [-0.05, 0) is 50.3 Å². The molecular weight excluding hydrogens is 310 g/mol. The highest BCUT2D eigenvalue weighted by Crippen LogP contribution is 2.34. The lowest BCUT2D eigenvalue weighted by Gasteiger charge is -2.26. The predicted octanol–water partition coefficient (Wildman–Crippen LogP) is 4.68. The van der Waals surface area contributed by atoms with Crippen LogP contribution in [0.5, 0.6) is 5.75 Å². The van der Waals surface area contributed by atoms with Crippen LogP contribution in [0.4, 0.5) is 0 Å². The summed E-state index contributed by atoms with van der Waals surface area (Å²) < 4.78 is 5.55.